The van der Waals surface area contributed by atoms with Crippen molar-refractivity contribution in [1.82, 2.24) is 4.98 Å². The van der Waals surface area contributed by atoms with E-state index in [1.54, 1.807) is 21.3 Å². The average Bonchev–Trinajstić information content (AvgIpc) is 3.17. The zero-order valence-corrected chi connectivity index (χ0v) is 15.2. The lowest BCUT2D eigenvalue weighted by Crippen LogP contribution is -2.19. The van der Waals surface area contributed by atoms with Crippen LogP contribution in [0.5, 0.6) is 0 Å². The molecular weight excluding hydrogens is 338 g/mol. The summed E-state index contributed by atoms with van der Waals surface area (Å²) in [4.78, 5) is 4.61. The van der Waals surface area contributed by atoms with Crippen LogP contribution < -0.4 is 0 Å². The van der Waals surface area contributed by atoms with Crippen LogP contribution in [0.1, 0.15) is 18.2 Å². The van der Waals surface area contributed by atoms with Crippen molar-refractivity contribution in [1.29, 1.82) is 0 Å². The monoisotopic (exact) mass is 359 g/mol. The summed E-state index contributed by atoms with van der Waals surface area (Å²) in [5, 5.41) is 13.6. The van der Waals surface area contributed by atoms with Crippen LogP contribution in [0.15, 0.2) is 59.1 Å². The van der Waals surface area contributed by atoms with Gasteiger partial charge in [0.2, 0.25) is 0 Å². The van der Waals surface area contributed by atoms with Gasteiger partial charge in [0.1, 0.15) is 16.9 Å². The van der Waals surface area contributed by atoms with Gasteiger partial charge in [-0.25, -0.2) is 4.98 Å². The van der Waals surface area contributed by atoms with E-state index in [4.69, 9.17) is 14.2 Å². The summed E-state index contributed by atoms with van der Waals surface area (Å²) >= 11 is 1.52. The Hall–Kier alpha value is -2.31. The predicted octanol–water partition coefficient (Wildman–Crippen LogP) is 3.90. The number of hydrogen-bond donors (Lipinski definition) is 1. The van der Waals surface area contributed by atoms with Gasteiger partial charge in [-0.1, -0.05) is 30.3 Å². The van der Waals surface area contributed by atoms with E-state index in [1.807, 2.05) is 41.8 Å². The van der Waals surface area contributed by atoms with Gasteiger partial charge in [0.05, 0.1) is 27.0 Å². The Morgan fingerprint density at radius 3 is 2.52 bits per heavy atom. The Kier molecular flexibility index (Phi) is 5.40. The highest BCUT2D eigenvalue weighted by molar-refractivity contribution is 7.13. The Morgan fingerprint density at radius 2 is 1.88 bits per heavy atom. The van der Waals surface area contributed by atoms with E-state index < -0.39 is 6.10 Å². The summed E-state index contributed by atoms with van der Waals surface area (Å²) in [5.41, 5.74) is 1.69. The second-order valence-electron chi connectivity index (χ2n) is 5.65. The minimum Gasteiger partial charge on any atom is -0.497 e. The Labute approximate surface area is 151 Å². The normalized spacial score (nSPS) is 18.6. The van der Waals surface area contributed by atoms with E-state index >= 15 is 0 Å². The first kappa shape index (κ1) is 17.5. The molecule has 0 saturated heterocycles. The third-order valence-corrected chi connectivity index (χ3v) is 5.09. The molecule has 6 heteroatoms. The fraction of sp³-hybridized carbons (Fsp3) is 0.316. The summed E-state index contributed by atoms with van der Waals surface area (Å²) in [6.45, 7) is 0. The van der Waals surface area contributed by atoms with Crippen molar-refractivity contribution in [3.05, 3.63) is 64.8 Å². The molecule has 0 fully saturated rings. The van der Waals surface area contributed by atoms with E-state index in [-0.39, 0.29) is 5.92 Å². The zero-order valence-electron chi connectivity index (χ0n) is 14.4. The number of hydrogen-bond acceptors (Lipinski definition) is 6. The van der Waals surface area contributed by atoms with Crippen LogP contribution in [0.25, 0.3) is 10.6 Å². The summed E-state index contributed by atoms with van der Waals surface area (Å²) in [6.07, 6.45) is 1.64. The number of allylic oxidation sites excluding steroid dienone is 1. The molecular formula is C19H21NO4S. The highest BCUT2D eigenvalue weighted by Gasteiger charge is 2.31. The molecule has 1 aliphatic carbocycles. The molecule has 0 aliphatic heterocycles. The van der Waals surface area contributed by atoms with Crippen LogP contribution in [0.3, 0.4) is 0 Å². The van der Waals surface area contributed by atoms with Crippen molar-refractivity contribution in [3.63, 3.8) is 0 Å². The van der Waals surface area contributed by atoms with E-state index in [9.17, 15) is 5.11 Å². The van der Waals surface area contributed by atoms with Crippen molar-refractivity contribution >= 4 is 11.3 Å². The first-order valence-corrected chi connectivity index (χ1v) is 8.82. The quantitative estimate of drug-likeness (QED) is 0.848. The van der Waals surface area contributed by atoms with Gasteiger partial charge in [0, 0.05) is 23.3 Å². The third kappa shape index (κ3) is 3.55. The minimum atomic E-state index is -0.748. The number of nitrogens with zero attached hydrogens (tertiary/aromatic N) is 1. The molecule has 0 saturated carbocycles. The number of benzene rings is 1. The van der Waals surface area contributed by atoms with Gasteiger partial charge < -0.3 is 19.3 Å². The van der Waals surface area contributed by atoms with Crippen LogP contribution >= 0.6 is 11.3 Å². The van der Waals surface area contributed by atoms with Gasteiger partial charge in [0.25, 0.3) is 0 Å². The van der Waals surface area contributed by atoms with Crippen LogP contribution in [0, 0.1) is 5.92 Å². The lowest BCUT2D eigenvalue weighted by atomic mass is 9.90. The number of aromatic nitrogens is 1. The molecule has 132 valence electrons. The second-order valence-corrected chi connectivity index (χ2v) is 6.51. The molecule has 5 nitrogen and oxygen atoms in total. The van der Waals surface area contributed by atoms with Crippen LogP contribution in [-0.2, 0) is 14.2 Å². The van der Waals surface area contributed by atoms with Gasteiger partial charge in [-0.15, -0.1) is 11.3 Å². The Bertz CT molecular complexity index is 782. The molecule has 0 bridgehead atoms. The lowest BCUT2D eigenvalue weighted by Gasteiger charge is -2.26. The van der Waals surface area contributed by atoms with Crippen LogP contribution in [0.2, 0.25) is 0 Å². The number of aliphatic hydroxyl groups is 1. The average molecular weight is 359 g/mol. The molecule has 0 radical (unpaired) electrons. The molecule has 1 heterocycles. The third-order valence-electron chi connectivity index (χ3n) is 4.19. The fourth-order valence-corrected chi connectivity index (χ4v) is 3.74. The lowest BCUT2D eigenvalue weighted by molar-refractivity contribution is 0.0990. The first-order valence-electron chi connectivity index (χ1n) is 7.94. The Morgan fingerprint density at radius 1 is 1.12 bits per heavy atom. The highest BCUT2D eigenvalue weighted by Crippen LogP contribution is 2.38. The number of aliphatic hydroxyl groups excluding tert-OH is 1. The van der Waals surface area contributed by atoms with Gasteiger partial charge in [0.15, 0.2) is 11.5 Å². The molecule has 1 aromatic heterocycles. The van der Waals surface area contributed by atoms with E-state index in [0.717, 1.165) is 10.6 Å². The van der Waals surface area contributed by atoms with Crippen molar-refractivity contribution < 1.29 is 19.3 Å². The van der Waals surface area contributed by atoms with Crippen molar-refractivity contribution in [2.75, 3.05) is 21.3 Å². The first-order chi connectivity index (χ1) is 12.2. The molecule has 1 aliphatic rings. The maximum Gasteiger partial charge on any atom is 0.198 e. The molecule has 1 aromatic carbocycles. The Balaban J connectivity index is 1.84. The summed E-state index contributed by atoms with van der Waals surface area (Å²) in [7, 11) is 4.74. The van der Waals surface area contributed by atoms with E-state index in [1.165, 1.54) is 11.3 Å². The highest BCUT2D eigenvalue weighted by atomic mass is 32.1. The van der Waals surface area contributed by atoms with Crippen molar-refractivity contribution in [2.24, 2.45) is 5.92 Å². The molecule has 2 aromatic rings. The van der Waals surface area contributed by atoms with Gasteiger partial charge >= 0.3 is 0 Å². The number of ether oxygens (including phenoxy) is 3. The summed E-state index contributed by atoms with van der Waals surface area (Å²) in [6, 6.07) is 9.94. The molecule has 2 atom stereocenters. The van der Waals surface area contributed by atoms with Gasteiger partial charge in [-0.05, 0) is 6.08 Å². The number of methoxy groups -OCH3 is 3. The SMILES string of the molecule is COC1=CC(C(O)c2csc(-c3ccccc3)n2)CC(OC)=C1OC. The largest absolute Gasteiger partial charge is 0.497 e. The summed E-state index contributed by atoms with van der Waals surface area (Å²) < 4.78 is 16.2. The van der Waals surface area contributed by atoms with Gasteiger partial charge in [-0.3, -0.25) is 0 Å². The van der Waals surface area contributed by atoms with Crippen molar-refractivity contribution in [2.45, 2.75) is 12.5 Å². The smallest absolute Gasteiger partial charge is 0.198 e. The van der Waals surface area contributed by atoms with Crippen molar-refractivity contribution in [3.8, 4) is 10.6 Å². The standard InChI is InChI=1S/C19H21NO4S/c1-22-15-9-13(10-16(23-2)18(15)24-3)17(21)14-11-25-19(20-14)12-7-5-4-6-8-12/h4-9,11,13,17,21H,10H2,1-3H3. The predicted molar refractivity (Wildman–Crippen MR) is 96.8 cm³/mol. The number of rotatable bonds is 6. The molecule has 2 unspecified atom stereocenters. The van der Waals surface area contributed by atoms with Crippen LogP contribution in [-0.4, -0.2) is 31.4 Å². The van der Waals surface area contributed by atoms with Crippen LogP contribution in [0.4, 0.5) is 0 Å². The molecule has 3 rings (SSSR count). The molecule has 0 amide bonds. The second kappa shape index (κ2) is 7.72. The topological polar surface area (TPSA) is 60.8 Å². The minimum absolute atomic E-state index is 0.200. The maximum absolute atomic E-state index is 10.8. The van der Waals surface area contributed by atoms with Gasteiger partial charge in [-0.2, -0.15) is 0 Å². The fourth-order valence-electron chi connectivity index (χ4n) is 2.88. The van der Waals surface area contributed by atoms with E-state index in [0.29, 0.717) is 29.4 Å². The van der Waals surface area contributed by atoms with E-state index in [2.05, 4.69) is 4.98 Å². The molecule has 25 heavy (non-hydrogen) atoms. The molecule has 0 spiro atoms. The number of thiazole rings is 1. The molecule has 1 N–H and O–H groups in total. The summed E-state index contributed by atoms with van der Waals surface area (Å²) in [5.74, 6) is 1.59. The maximum atomic E-state index is 10.8. The zero-order chi connectivity index (χ0) is 17.8.